The van der Waals surface area contributed by atoms with E-state index in [1.165, 1.54) is 23.1 Å². The number of sulfonamides is 1. The van der Waals surface area contributed by atoms with Crippen molar-refractivity contribution in [2.45, 2.75) is 45.3 Å². The summed E-state index contributed by atoms with van der Waals surface area (Å²) in [5, 5.41) is 2.97. The first-order valence-corrected chi connectivity index (χ1v) is 15.0. The second-order valence-electron chi connectivity index (χ2n) is 10.3. The molecule has 0 aliphatic heterocycles. The van der Waals surface area contributed by atoms with Crippen LogP contribution in [0.1, 0.15) is 31.9 Å². The van der Waals surface area contributed by atoms with E-state index in [2.05, 4.69) is 21.2 Å². The molecule has 2 amide bonds. The zero-order valence-corrected chi connectivity index (χ0v) is 24.8. The minimum Gasteiger partial charge on any atom is -0.350 e. The standard InChI is InChI=1S/C29H33BrFN3O4S/c1-29(2,3)32-28(36)26(17-21-9-6-5-7-10-21)33(19-22-13-15-23(30)16-14-22)27(35)20-34(39(4,37)38)25-12-8-11-24(31)18-25/h5-16,18,26H,17,19-20H2,1-4H3,(H,32,36)/t26-/m0/s1. The van der Waals surface area contributed by atoms with Crippen LogP contribution in [0.3, 0.4) is 0 Å². The highest BCUT2D eigenvalue weighted by atomic mass is 79.9. The second-order valence-corrected chi connectivity index (χ2v) is 13.2. The highest BCUT2D eigenvalue weighted by molar-refractivity contribution is 9.10. The number of rotatable bonds is 10. The smallest absolute Gasteiger partial charge is 0.244 e. The van der Waals surface area contributed by atoms with Crippen molar-refractivity contribution in [1.82, 2.24) is 10.2 Å². The SMILES string of the molecule is CC(C)(C)NC(=O)[C@H](Cc1ccccc1)N(Cc1ccc(Br)cc1)C(=O)CN(c1cccc(F)c1)S(C)(=O)=O. The Morgan fingerprint density at radius 3 is 2.15 bits per heavy atom. The number of anilines is 1. The fourth-order valence-corrected chi connectivity index (χ4v) is 5.14. The van der Waals surface area contributed by atoms with Gasteiger partial charge in [0.05, 0.1) is 11.9 Å². The molecule has 0 saturated heterocycles. The van der Waals surface area contributed by atoms with Crippen molar-refractivity contribution in [2.24, 2.45) is 0 Å². The molecule has 1 N–H and O–H groups in total. The number of carbonyl (C=O) groups excluding carboxylic acids is 2. The van der Waals surface area contributed by atoms with Crippen LogP contribution in [0.15, 0.2) is 83.3 Å². The van der Waals surface area contributed by atoms with Crippen LogP contribution in [0.4, 0.5) is 10.1 Å². The van der Waals surface area contributed by atoms with Crippen LogP contribution in [0.5, 0.6) is 0 Å². The van der Waals surface area contributed by atoms with Crippen molar-refractivity contribution >= 4 is 43.5 Å². The molecule has 3 rings (SSSR count). The molecule has 0 aromatic heterocycles. The summed E-state index contributed by atoms with van der Waals surface area (Å²) < 4.78 is 41.2. The number of hydrogen-bond acceptors (Lipinski definition) is 4. The minimum absolute atomic E-state index is 0.0215. The first kappa shape index (κ1) is 30.3. The fraction of sp³-hybridized carbons (Fsp3) is 0.310. The fourth-order valence-electron chi connectivity index (χ4n) is 4.04. The van der Waals surface area contributed by atoms with Crippen molar-refractivity contribution in [3.63, 3.8) is 0 Å². The molecular formula is C29H33BrFN3O4S. The number of benzene rings is 3. The lowest BCUT2D eigenvalue weighted by Gasteiger charge is -2.35. The maximum Gasteiger partial charge on any atom is 0.244 e. The maximum absolute atomic E-state index is 14.0. The summed E-state index contributed by atoms with van der Waals surface area (Å²) in [7, 11) is -3.96. The van der Waals surface area contributed by atoms with Crippen molar-refractivity contribution < 1.29 is 22.4 Å². The van der Waals surface area contributed by atoms with Gasteiger partial charge < -0.3 is 10.2 Å². The molecule has 39 heavy (non-hydrogen) atoms. The Morgan fingerprint density at radius 2 is 1.59 bits per heavy atom. The van der Waals surface area contributed by atoms with Gasteiger partial charge in [-0.05, 0) is 62.2 Å². The minimum atomic E-state index is -3.96. The molecule has 0 fully saturated rings. The number of halogens is 2. The summed E-state index contributed by atoms with van der Waals surface area (Å²) in [5.74, 6) is -1.60. The van der Waals surface area contributed by atoms with Crippen molar-refractivity contribution in [3.8, 4) is 0 Å². The van der Waals surface area contributed by atoms with Crippen LogP contribution in [-0.4, -0.2) is 49.5 Å². The molecule has 0 radical (unpaired) electrons. The van der Waals surface area contributed by atoms with E-state index in [0.29, 0.717) is 0 Å². The van der Waals surface area contributed by atoms with Gasteiger partial charge in [-0.3, -0.25) is 13.9 Å². The Labute approximate surface area is 238 Å². The molecule has 0 aliphatic carbocycles. The molecule has 0 bridgehead atoms. The topological polar surface area (TPSA) is 86.8 Å². The van der Waals surface area contributed by atoms with Gasteiger partial charge in [0, 0.05) is 23.0 Å². The molecule has 208 valence electrons. The second kappa shape index (κ2) is 12.7. The average Bonchev–Trinajstić information content (AvgIpc) is 2.84. The highest BCUT2D eigenvalue weighted by Gasteiger charge is 2.34. The monoisotopic (exact) mass is 617 g/mol. The van der Waals surface area contributed by atoms with Gasteiger partial charge in [0.1, 0.15) is 18.4 Å². The molecule has 10 heteroatoms. The largest absolute Gasteiger partial charge is 0.350 e. The molecule has 0 heterocycles. The lowest BCUT2D eigenvalue weighted by Crippen LogP contribution is -2.56. The lowest BCUT2D eigenvalue weighted by molar-refractivity contribution is -0.140. The molecule has 0 unspecified atom stereocenters. The predicted molar refractivity (Wildman–Crippen MR) is 155 cm³/mol. The summed E-state index contributed by atoms with van der Waals surface area (Å²) in [6.45, 7) is 5.00. The van der Waals surface area contributed by atoms with E-state index in [4.69, 9.17) is 0 Å². The van der Waals surface area contributed by atoms with E-state index >= 15 is 0 Å². The molecule has 7 nitrogen and oxygen atoms in total. The molecule has 1 atom stereocenters. The Morgan fingerprint density at radius 1 is 0.949 bits per heavy atom. The Bertz CT molecular complexity index is 1390. The third-order valence-electron chi connectivity index (χ3n) is 5.81. The molecule has 0 saturated carbocycles. The summed E-state index contributed by atoms with van der Waals surface area (Å²) in [6, 6.07) is 20.7. The van der Waals surface area contributed by atoms with Crippen LogP contribution in [-0.2, 0) is 32.6 Å². The first-order chi connectivity index (χ1) is 18.2. The van der Waals surface area contributed by atoms with Crippen LogP contribution < -0.4 is 9.62 Å². The quantitative estimate of drug-likeness (QED) is 0.350. The summed E-state index contributed by atoms with van der Waals surface area (Å²) in [4.78, 5) is 29.0. The summed E-state index contributed by atoms with van der Waals surface area (Å²) in [6.07, 6.45) is 1.17. The van der Waals surface area contributed by atoms with Crippen LogP contribution in [0, 0.1) is 5.82 Å². The van der Waals surface area contributed by atoms with E-state index in [1.807, 2.05) is 75.4 Å². The van der Waals surface area contributed by atoms with Crippen LogP contribution in [0.25, 0.3) is 0 Å². The third-order valence-corrected chi connectivity index (χ3v) is 7.48. The Hall–Kier alpha value is -3.24. The summed E-state index contributed by atoms with van der Waals surface area (Å²) in [5.41, 5.74) is 1.04. The van der Waals surface area contributed by atoms with E-state index in [0.717, 1.165) is 32.2 Å². The van der Waals surface area contributed by atoms with Gasteiger partial charge in [0.2, 0.25) is 21.8 Å². The zero-order chi connectivity index (χ0) is 28.8. The van der Waals surface area contributed by atoms with Gasteiger partial charge in [-0.15, -0.1) is 0 Å². The highest BCUT2D eigenvalue weighted by Crippen LogP contribution is 2.22. The molecular weight excluding hydrogens is 585 g/mol. The lowest BCUT2D eigenvalue weighted by atomic mass is 10.0. The van der Waals surface area contributed by atoms with E-state index < -0.39 is 39.9 Å². The van der Waals surface area contributed by atoms with Crippen molar-refractivity contribution in [3.05, 3.63) is 100 Å². The van der Waals surface area contributed by atoms with Crippen molar-refractivity contribution in [2.75, 3.05) is 17.1 Å². The molecule has 3 aromatic carbocycles. The third kappa shape index (κ3) is 9.18. The Kier molecular flexibility index (Phi) is 9.90. The van der Waals surface area contributed by atoms with E-state index in [1.54, 1.807) is 0 Å². The first-order valence-electron chi connectivity index (χ1n) is 12.4. The zero-order valence-electron chi connectivity index (χ0n) is 22.4. The molecule has 0 spiro atoms. The van der Waals surface area contributed by atoms with Gasteiger partial charge in [0.15, 0.2) is 0 Å². The van der Waals surface area contributed by atoms with Crippen LogP contribution in [0.2, 0.25) is 0 Å². The normalized spacial score (nSPS) is 12.5. The molecule has 3 aromatic rings. The van der Waals surface area contributed by atoms with Gasteiger partial charge in [0.25, 0.3) is 0 Å². The number of amides is 2. The van der Waals surface area contributed by atoms with Gasteiger partial charge in [-0.1, -0.05) is 64.5 Å². The summed E-state index contributed by atoms with van der Waals surface area (Å²) >= 11 is 3.41. The van der Waals surface area contributed by atoms with Gasteiger partial charge >= 0.3 is 0 Å². The number of carbonyl (C=O) groups is 2. The molecule has 0 aliphatic rings. The number of nitrogens with zero attached hydrogens (tertiary/aromatic N) is 2. The van der Waals surface area contributed by atoms with Gasteiger partial charge in [-0.25, -0.2) is 12.8 Å². The van der Waals surface area contributed by atoms with Crippen LogP contribution >= 0.6 is 15.9 Å². The predicted octanol–water partition coefficient (Wildman–Crippen LogP) is 4.91. The number of nitrogens with one attached hydrogen (secondary N) is 1. The van der Waals surface area contributed by atoms with Gasteiger partial charge in [-0.2, -0.15) is 0 Å². The average molecular weight is 619 g/mol. The number of hydrogen-bond donors (Lipinski definition) is 1. The Balaban J connectivity index is 2.07. The van der Waals surface area contributed by atoms with Crippen molar-refractivity contribution in [1.29, 1.82) is 0 Å². The van der Waals surface area contributed by atoms with E-state index in [9.17, 15) is 22.4 Å². The maximum atomic E-state index is 14.0. The van der Waals surface area contributed by atoms with E-state index in [-0.39, 0.29) is 24.6 Å².